The highest BCUT2D eigenvalue weighted by Gasteiger charge is 1.98. The summed E-state index contributed by atoms with van der Waals surface area (Å²) >= 11 is 0. The molecule has 68 valence electrons. The van der Waals surface area contributed by atoms with Gasteiger partial charge in [0.1, 0.15) is 12.4 Å². The van der Waals surface area contributed by atoms with Crippen LogP contribution in [0.3, 0.4) is 0 Å². The Labute approximate surface area is 75.6 Å². The Morgan fingerprint density at radius 3 is 3.00 bits per heavy atom. The molecule has 0 aromatic heterocycles. The van der Waals surface area contributed by atoms with Crippen molar-refractivity contribution in [3.63, 3.8) is 0 Å². The van der Waals surface area contributed by atoms with Crippen LogP contribution in [0.5, 0.6) is 0 Å². The molecule has 0 radical (unpaired) electrons. The van der Waals surface area contributed by atoms with E-state index in [0.29, 0.717) is 5.56 Å². The van der Waals surface area contributed by atoms with Crippen LogP contribution in [0, 0.1) is 5.82 Å². The maximum atomic E-state index is 12.6. The minimum atomic E-state index is -0.510. The fourth-order valence-corrected chi connectivity index (χ4v) is 0.840. The summed E-state index contributed by atoms with van der Waals surface area (Å²) in [4.78, 5) is 10.6. The van der Waals surface area contributed by atoms with Gasteiger partial charge in [-0.2, -0.15) is 0 Å². The molecule has 2 nitrogen and oxygen atoms in total. The van der Waals surface area contributed by atoms with Crippen LogP contribution in [-0.2, 0) is 16.1 Å². The van der Waals surface area contributed by atoms with Gasteiger partial charge in [-0.15, -0.1) is 0 Å². The zero-order chi connectivity index (χ0) is 9.68. The molecule has 0 amide bonds. The molecule has 0 N–H and O–H groups in total. The molecule has 0 atom stereocenters. The predicted molar refractivity (Wildman–Crippen MR) is 46.4 cm³/mol. The molecule has 0 aliphatic carbocycles. The second-order valence-electron chi connectivity index (χ2n) is 2.44. The average Bonchev–Trinajstić information content (AvgIpc) is 2.14. The number of carbonyl (C=O) groups excluding carboxylic acids is 1. The Bertz CT molecular complexity index is 320. The maximum absolute atomic E-state index is 12.6. The number of ether oxygens (including phenoxy) is 1. The van der Waals surface area contributed by atoms with Crippen molar-refractivity contribution in [2.75, 3.05) is 0 Å². The maximum Gasteiger partial charge on any atom is 0.330 e. The van der Waals surface area contributed by atoms with Crippen molar-refractivity contribution in [2.24, 2.45) is 0 Å². The number of benzene rings is 1. The van der Waals surface area contributed by atoms with E-state index in [-0.39, 0.29) is 12.4 Å². The van der Waals surface area contributed by atoms with E-state index in [1.54, 1.807) is 12.1 Å². The summed E-state index contributed by atoms with van der Waals surface area (Å²) in [5, 5.41) is 0. The standard InChI is InChI=1S/C10H9FO2/c1-2-10(12)13-7-8-4-3-5-9(11)6-8/h2-6H,1,7H2. The summed E-state index contributed by atoms with van der Waals surface area (Å²) in [6, 6.07) is 5.89. The van der Waals surface area contributed by atoms with Crippen LogP contribution < -0.4 is 0 Å². The number of halogens is 1. The average molecular weight is 180 g/mol. The van der Waals surface area contributed by atoms with Crippen LogP contribution in [-0.4, -0.2) is 5.97 Å². The molecule has 1 aromatic carbocycles. The van der Waals surface area contributed by atoms with Crippen molar-refractivity contribution in [1.29, 1.82) is 0 Å². The first kappa shape index (κ1) is 9.45. The van der Waals surface area contributed by atoms with Crippen LogP contribution in [0.25, 0.3) is 0 Å². The van der Waals surface area contributed by atoms with Gasteiger partial charge < -0.3 is 4.74 Å². The highest BCUT2D eigenvalue weighted by Crippen LogP contribution is 2.04. The molecule has 0 saturated carbocycles. The first-order valence-corrected chi connectivity index (χ1v) is 3.76. The molecule has 13 heavy (non-hydrogen) atoms. The minimum Gasteiger partial charge on any atom is -0.458 e. The Morgan fingerprint density at radius 2 is 2.38 bits per heavy atom. The number of carbonyl (C=O) groups is 1. The summed E-state index contributed by atoms with van der Waals surface area (Å²) in [6.07, 6.45) is 1.07. The third-order valence-corrected chi connectivity index (χ3v) is 1.44. The second kappa shape index (κ2) is 4.40. The zero-order valence-electron chi connectivity index (χ0n) is 7.00. The van der Waals surface area contributed by atoms with E-state index >= 15 is 0 Å². The van der Waals surface area contributed by atoms with Gasteiger partial charge in [-0.05, 0) is 17.7 Å². The van der Waals surface area contributed by atoms with E-state index in [2.05, 4.69) is 6.58 Å². The molecule has 0 bridgehead atoms. The molecular formula is C10H9FO2. The fraction of sp³-hybridized carbons (Fsp3) is 0.100. The van der Waals surface area contributed by atoms with Gasteiger partial charge in [0.25, 0.3) is 0 Å². The van der Waals surface area contributed by atoms with Crippen molar-refractivity contribution in [3.8, 4) is 0 Å². The van der Waals surface area contributed by atoms with Gasteiger partial charge in [0.2, 0.25) is 0 Å². The van der Waals surface area contributed by atoms with E-state index in [1.807, 2.05) is 0 Å². The van der Waals surface area contributed by atoms with Gasteiger partial charge in [0.15, 0.2) is 0 Å². The lowest BCUT2D eigenvalue weighted by atomic mass is 10.2. The summed E-state index contributed by atoms with van der Waals surface area (Å²) < 4.78 is 17.3. The van der Waals surface area contributed by atoms with E-state index in [4.69, 9.17) is 4.74 Å². The molecule has 0 aliphatic rings. The van der Waals surface area contributed by atoms with E-state index in [9.17, 15) is 9.18 Å². The summed E-state index contributed by atoms with van der Waals surface area (Å²) in [5.41, 5.74) is 0.621. The third-order valence-electron chi connectivity index (χ3n) is 1.44. The minimum absolute atomic E-state index is 0.0720. The van der Waals surface area contributed by atoms with Crippen LogP contribution in [0.15, 0.2) is 36.9 Å². The molecule has 1 rings (SSSR count). The summed E-state index contributed by atoms with van der Waals surface area (Å²) in [6.45, 7) is 3.31. The SMILES string of the molecule is C=CC(=O)OCc1cccc(F)c1. The van der Waals surface area contributed by atoms with Gasteiger partial charge in [0, 0.05) is 6.08 Å². The Hall–Kier alpha value is -1.64. The lowest BCUT2D eigenvalue weighted by molar-refractivity contribution is -0.138. The lowest BCUT2D eigenvalue weighted by Crippen LogP contribution is -2.00. The second-order valence-corrected chi connectivity index (χ2v) is 2.44. The van der Waals surface area contributed by atoms with Crippen molar-refractivity contribution in [3.05, 3.63) is 48.3 Å². The first-order chi connectivity index (χ1) is 6.22. The van der Waals surface area contributed by atoms with Crippen LogP contribution in [0.4, 0.5) is 4.39 Å². The van der Waals surface area contributed by atoms with Gasteiger partial charge in [0.05, 0.1) is 0 Å². The van der Waals surface area contributed by atoms with E-state index in [0.717, 1.165) is 6.08 Å². The molecule has 0 heterocycles. The third kappa shape index (κ3) is 3.07. The molecule has 0 spiro atoms. The van der Waals surface area contributed by atoms with Crippen molar-refractivity contribution < 1.29 is 13.9 Å². The lowest BCUT2D eigenvalue weighted by Gasteiger charge is -2.01. The zero-order valence-corrected chi connectivity index (χ0v) is 7.00. The summed E-state index contributed by atoms with van der Waals surface area (Å²) in [5.74, 6) is -0.851. The highest BCUT2D eigenvalue weighted by atomic mass is 19.1. The van der Waals surface area contributed by atoms with Gasteiger partial charge in [-0.3, -0.25) is 0 Å². The normalized spacial score (nSPS) is 9.31. The monoisotopic (exact) mass is 180 g/mol. The Balaban J connectivity index is 2.54. The molecule has 1 aromatic rings. The quantitative estimate of drug-likeness (QED) is 0.525. The smallest absolute Gasteiger partial charge is 0.330 e. The molecule has 0 unspecified atom stereocenters. The predicted octanol–water partition coefficient (Wildman–Crippen LogP) is 2.05. The number of hydrogen-bond acceptors (Lipinski definition) is 2. The topological polar surface area (TPSA) is 26.3 Å². The van der Waals surface area contributed by atoms with Crippen molar-refractivity contribution in [2.45, 2.75) is 6.61 Å². The molecule has 0 aliphatic heterocycles. The van der Waals surface area contributed by atoms with Crippen molar-refractivity contribution in [1.82, 2.24) is 0 Å². The molecule has 3 heteroatoms. The molecule has 0 saturated heterocycles. The van der Waals surface area contributed by atoms with Gasteiger partial charge >= 0.3 is 5.97 Å². The van der Waals surface area contributed by atoms with Crippen LogP contribution in [0.1, 0.15) is 5.56 Å². The van der Waals surface area contributed by atoms with Crippen LogP contribution in [0.2, 0.25) is 0 Å². The number of hydrogen-bond donors (Lipinski definition) is 0. The summed E-state index contributed by atoms with van der Waals surface area (Å²) in [7, 11) is 0. The van der Waals surface area contributed by atoms with Crippen molar-refractivity contribution >= 4 is 5.97 Å². The highest BCUT2D eigenvalue weighted by molar-refractivity contribution is 5.81. The number of rotatable bonds is 3. The van der Waals surface area contributed by atoms with E-state index < -0.39 is 5.97 Å². The first-order valence-electron chi connectivity index (χ1n) is 3.76. The Kier molecular flexibility index (Phi) is 3.20. The number of esters is 1. The fourth-order valence-electron chi connectivity index (χ4n) is 0.840. The molecule has 0 fully saturated rings. The van der Waals surface area contributed by atoms with Gasteiger partial charge in [-0.1, -0.05) is 18.7 Å². The largest absolute Gasteiger partial charge is 0.458 e. The van der Waals surface area contributed by atoms with E-state index in [1.165, 1.54) is 12.1 Å². The molecular weight excluding hydrogens is 171 g/mol. The van der Waals surface area contributed by atoms with Crippen LogP contribution >= 0.6 is 0 Å². The Morgan fingerprint density at radius 1 is 1.62 bits per heavy atom. The van der Waals surface area contributed by atoms with Gasteiger partial charge in [-0.25, -0.2) is 9.18 Å².